The molecular weight excluding hydrogens is 297 g/mol. The summed E-state index contributed by atoms with van der Waals surface area (Å²) in [4.78, 5) is 25.1. The largest absolute Gasteiger partial charge is 0.491 e. The SMILES string of the molecule is COc1c(N2CC=C(B3OC(C)(C)C(C)(C)O3)CC2)c(=O)c1=O. The Bertz CT molecular complexity index is 713. The number of hydrogen-bond acceptors (Lipinski definition) is 6. The fraction of sp³-hybridized carbons (Fsp3) is 0.625. The van der Waals surface area contributed by atoms with E-state index in [1.807, 2.05) is 38.7 Å². The Morgan fingerprint density at radius 2 is 1.74 bits per heavy atom. The lowest BCUT2D eigenvalue weighted by atomic mass is 9.74. The van der Waals surface area contributed by atoms with Gasteiger partial charge < -0.3 is 18.9 Å². The van der Waals surface area contributed by atoms with Crippen molar-refractivity contribution in [2.24, 2.45) is 0 Å². The average molecular weight is 319 g/mol. The van der Waals surface area contributed by atoms with Gasteiger partial charge in [0.05, 0.1) is 18.3 Å². The van der Waals surface area contributed by atoms with Gasteiger partial charge in [-0.05, 0) is 39.6 Å². The molecule has 1 aromatic carbocycles. The van der Waals surface area contributed by atoms with E-state index in [4.69, 9.17) is 14.0 Å². The lowest BCUT2D eigenvalue weighted by Crippen LogP contribution is -2.43. The highest BCUT2D eigenvalue weighted by atomic mass is 16.7. The van der Waals surface area contributed by atoms with E-state index in [9.17, 15) is 9.59 Å². The smallest absolute Gasteiger partial charge is 0.490 e. The Morgan fingerprint density at radius 3 is 2.22 bits per heavy atom. The number of hydrogen-bond donors (Lipinski definition) is 0. The van der Waals surface area contributed by atoms with Crippen molar-refractivity contribution >= 4 is 12.8 Å². The molecule has 2 aliphatic rings. The maximum absolute atomic E-state index is 11.7. The van der Waals surface area contributed by atoms with E-state index in [0.29, 0.717) is 18.8 Å². The van der Waals surface area contributed by atoms with Gasteiger partial charge in [0.15, 0.2) is 5.75 Å². The van der Waals surface area contributed by atoms with Crippen LogP contribution in [0.4, 0.5) is 5.69 Å². The molecule has 0 bridgehead atoms. The minimum absolute atomic E-state index is 0.169. The summed E-state index contributed by atoms with van der Waals surface area (Å²) in [7, 11) is 1.06. The van der Waals surface area contributed by atoms with Crippen LogP contribution in [0.2, 0.25) is 0 Å². The third kappa shape index (κ3) is 2.42. The summed E-state index contributed by atoms with van der Waals surface area (Å²) in [6.45, 7) is 9.28. The van der Waals surface area contributed by atoms with Crippen molar-refractivity contribution < 1.29 is 14.0 Å². The van der Waals surface area contributed by atoms with Crippen LogP contribution in [0.15, 0.2) is 21.1 Å². The second kappa shape index (κ2) is 5.21. The van der Waals surface area contributed by atoms with E-state index >= 15 is 0 Å². The fourth-order valence-corrected chi connectivity index (χ4v) is 2.93. The molecule has 3 rings (SSSR count). The third-order valence-electron chi connectivity index (χ3n) is 5.16. The second-order valence-corrected chi connectivity index (χ2v) is 7.10. The molecule has 0 N–H and O–H groups in total. The molecule has 2 heterocycles. The topological polar surface area (TPSA) is 65.1 Å². The van der Waals surface area contributed by atoms with Gasteiger partial charge in [-0.3, -0.25) is 9.59 Å². The van der Waals surface area contributed by atoms with Gasteiger partial charge >= 0.3 is 7.12 Å². The van der Waals surface area contributed by atoms with Gasteiger partial charge in [-0.1, -0.05) is 6.08 Å². The summed E-state index contributed by atoms with van der Waals surface area (Å²) in [5.41, 5.74) is -0.257. The lowest BCUT2D eigenvalue weighted by Gasteiger charge is -2.32. The van der Waals surface area contributed by atoms with Gasteiger partial charge in [0.1, 0.15) is 5.69 Å². The number of methoxy groups -OCH3 is 1. The van der Waals surface area contributed by atoms with E-state index in [1.165, 1.54) is 7.11 Å². The summed E-state index contributed by atoms with van der Waals surface area (Å²) in [6.07, 6.45) is 2.74. The molecule has 2 aliphatic heterocycles. The second-order valence-electron chi connectivity index (χ2n) is 7.10. The first-order valence-corrected chi connectivity index (χ1v) is 7.85. The molecule has 7 heteroatoms. The Labute approximate surface area is 135 Å². The van der Waals surface area contributed by atoms with Crippen molar-refractivity contribution in [2.45, 2.75) is 45.3 Å². The quantitative estimate of drug-likeness (QED) is 0.613. The van der Waals surface area contributed by atoms with Crippen molar-refractivity contribution in [2.75, 3.05) is 25.1 Å². The third-order valence-corrected chi connectivity index (χ3v) is 5.16. The zero-order valence-corrected chi connectivity index (χ0v) is 14.3. The summed E-state index contributed by atoms with van der Waals surface area (Å²) in [5.74, 6) is 0.169. The molecule has 23 heavy (non-hydrogen) atoms. The highest BCUT2D eigenvalue weighted by Gasteiger charge is 2.52. The molecular formula is C16H22BNO5. The van der Waals surface area contributed by atoms with Gasteiger partial charge in [-0.2, -0.15) is 0 Å². The zero-order valence-electron chi connectivity index (χ0n) is 14.3. The molecule has 6 nitrogen and oxygen atoms in total. The van der Waals surface area contributed by atoms with Crippen LogP contribution in [0.25, 0.3) is 0 Å². The van der Waals surface area contributed by atoms with Crippen LogP contribution in [-0.2, 0) is 9.31 Å². The van der Waals surface area contributed by atoms with Crippen LogP contribution >= 0.6 is 0 Å². The first-order chi connectivity index (χ1) is 10.7. The Hall–Kier alpha value is -1.60. The normalized spacial score (nSPS) is 23.3. The van der Waals surface area contributed by atoms with Gasteiger partial charge in [-0.15, -0.1) is 0 Å². The molecule has 1 fully saturated rings. The summed E-state index contributed by atoms with van der Waals surface area (Å²) < 4.78 is 17.1. The molecule has 0 amide bonds. The van der Waals surface area contributed by atoms with Gasteiger partial charge in [0.2, 0.25) is 0 Å². The van der Waals surface area contributed by atoms with E-state index < -0.39 is 10.9 Å². The molecule has 124 valence electrons. The molecule has 0 radical (unpaired) electrons. The molecule has 1 saturated heterocycles. The van der Waals surface area contributed by atoms with E-state index in [0.717, 1.165) is 11.9 Å². The monoisotopic (exact) mass is 319 g/mol. The Balaban J connectivity index is 1.74. The summed E-state index contributed by atoms with van der Waals surface area (Å²) in [5, 5.41) is 0. The van der Waals surface area contributed by atoms with E-state index in [1.54, 1.807) is 0 Å². The molecule has 0 atom stereocenters. The van der Waals surface area contributed by atoms with Crippen LogP contribution in [0.3, 0.4) is 0 Å². The van der Waals surface area contributed by atoms with Crippen molar-refractivity contribution in [1.29, 1.82) is 0 Å². The van der Waals surface area contributed by atoms with Crippen LogP contribution in [0.5, 0.6) is 5.75 Å². The molecule has 0 spiro atoms. The summed E-state index contributed by atoms with van der Waals surface area (Å²) in [6, 6.07) is 0. The standard InChI is InChI=1S/C16H22BNO5/c1-15(2)16(3,4)23-17(22-15)10-6-8-18(9-7-10)11-12(19)13(20)14(11)21-5/h6H,7-9H2,1-5H3. The van der Waals surface area contributed by atoms with Crippen molar-refractivity contribution in [3.8, 4) is 5.75 Å². The van der Waals surface area contributed by atoms with Crippen molar-refractivity contribution in [1.82, 2.24) is 0 Å². The van der Waals surface area contributed by atoms with Crippen LogP contribution in [-0.4, -0.2) is 38.5 Å². The van der Waals surface area contributed by atoms with E-state index in [-0.39, 0.29) is 24.1 Å². The molecule has 0 unspecified atom stereocenters. The fourth-order valence-electron chi connectivity index (χ4n) is 2.93. The van der Waals surface area contributed by atoms with Crippen molar-refractivity contribution in [3.63, 3.8) is 0 Å². The Morgan fingerprint density at radius 1 is 1.13 bits per heavy atom. The minimum Gasteiger partial charge on any atom is -0.491 e. The predicted molar refractivity (Wildman–Crippen MR) is 88.9 cm³/mol. The predicted octanol–water partition coefficient (Wildman–Crippen LogP) is 1.06. The molecule has 0 aliphatic carbocycles. The Kier molecular flexibility index (Phi) is 3.68. The first-order valence-electron chi connectivity index (χ1n) is 7.85. The van der Waals surface area contributed by atoms with Crippen LogP contribution in [0.1, 0.15) is 34.1 Å². The van der Waals surface area contributed by atoms with Crippen LogP contribution < -0.4 is 20.5 Å². The maximum atomic E-state index is 11.7. The van der Waals surface area contributed by atoms with Crippen molar-refractivity contribution in [3.05, 3.63) is 32.0 Å². The number of ether oxygens (including phenoxy) is 1. The molecule has 0 saturated carbocycles. The van der Waals surface area contributed by atoms with Gasteiger partial charge in [0.25, 0.3) is 10.9 Å². The molecule has 1 aromatic rings. The number of nitrogens with zero attached hydrogens (tertiary/aromatic N) is 1. The highest BCUT2D eigenvalue weighted by Crippen LogP contribution is 2.39. The molecule has 0 aromatic heterocycles. The maximum Gasteiger partial charge on any atom is 0.490 e. The average Bonchev–Trinajstić information content (AvgIpc) is 2.72. The van der Waals surface area contributed by atoms with Gasteiger partial charge in [-0.25, -0.2) is 0 Å². The zero-order chi connectivity index (χ0) is 17.0. The lowest BCUT2D eigenvalue weighted by molar-refractivity contribution is 0.00578. The first kappa shape index (κ1) is 16.3. The number of rotatable bonds is 3. The number of anilines is 1. The van der Waals surface area contributed by atoms with E-state index in [2.05, 4.69) is 0 Å². The minimum atomic E-state index is -0.539. The highest BCUT2D eigenvalue weighted by molar-refractivity contribution is 6.54. The summed E-state index contributed by atoms with van der Waals surface area (Å²) >= 11 is 0. The van der Waals surface area contributed by atoms with Crippen LogP contribution in [0, 0.1) is 0 Å². The van der Waals surface area contributed by atoms with Gasteiger partial charge in [0, 0.05) is 13.1 Å².